The first-order chi connectivity index (χ1) is 9.35. The second-order valence-corrected chi connectivity index (χ2v) is 5.21. The summed E-state index contributed by atoms with van der Waals surface area (Å²) in [5.41, 5.74) is 0. The molecule has 0 heterocycles. The number of unbranched alkanes of at least 4 members (excludes halogenated alkanes) is 3. The summed E-state index contributed by atoms with van der Waals surface area (Å²) in [6.07, 6.45) is 10.6. The lowest BCUT2D eigenvalue weighted by Gasteiger charge is -2.13. The maximum atomic E-state index is 8.51. The average molecular weight is 274 g/mol. The number of ether oxygens (including phenoxy) is 2. The smallest absolute Gasteiger partial charge is 0.0701 e. The van der Waals surface area contributed by atoms with E-state index in [0.717, 1.165) is 18.9 Å². The molecule has 3 nitrogen and oxygen atoms in total. The first-order valence-electron chi connectivity index (χ1n) is 8.11. The molecular weight excluding hydrogens is 240 g/mol. The van der Waals surface area contributed by atoms with Crippen LogP contribution in [0.25, 0.3) is 0 Å². The molecule has 0 aromatic rings. The fraction of sp³-hybridized carbons (Fsp3) is 1.00. The van der Waals surface area contributed by atoms with Crippen LogP contribution in [0, 0.1) is 5.92 Å². The summed E-state index contributed by atoms with van der Waals surface area (Å²) in [6, 6.07) is 0. The second kappa shape index (κ2) is 15.9. The van der Waals surface area contributed by atoms with E-state index in [2.05, 4.69) is 13.8 Å². The van der Waals surface area contributed by atoms with Gasteiger partial charge in [0.1, 0.15) is 0 Å². The van der Waals surface area contributed by atoms with Gasteiger partial charge in [0.15, 0.2) is 0 Å². The fourth-order valence-corrected chi connectivity index (χ4v) is 2.34. The first-order valence-corrected chi connectivity index (χ1v) is 8.11. The molecule has 116 valence electrons. The highest BCUT2D eigenvalue weighted by atomic mass is 16.5. The Hall–Kier alpha value is -0.120. The summed E-state index contributed by atoms with van der Waals surface area (Å²) in [7, 11) is 0. The number of aliphatic hydroxyl groups excluding tert-OH is 1. The van der Waals surface area contributed by atoms with E-state index in [-0.39, 0.29) is 6.61 Å². The standard InChI is InChI=1S/C16H34O3/c1-3-9-16(4-2)10-7-5-6-8-12-18-14-15-19-13-11-17/h16-17H,3-15H2,1-2H3. The van der Waals surface area contributed by atoms with Crippen LogP contribution in [0.4, 0.5) is 0 Å². The Morgan fingerprint density at radius 2 is 1.47 bits per heavy atom. The van der Waals surface area contributed by atoms with E-state index in [4.69, 9.17) is 14.6 Å². The fourth-order valence-electron chi connectivity index (χ4n) is 2.34. The van der Waals surface area contributed by atoms with Crippen molar-refractivity contribution in [3.05, 3.63) is 0 Å². The molecule has 0 aromatic carbocycles. The minimum absolute atomic E-state index is 0.0940. The van der Waals surface area contributed by atoms with E-state index < -0.39 is 0 Å². The third kappa shape index (κ3) is 14.1. The van der Waals surface area contributed by atoms with E-state index in [9.17, 15) is 0 Å². The van der Waals surface area contributed by atoms with E-state index in [1.807, 2.05) is 0 Å². The van der Waals surface area contributed by atoms with Crippen LogP contribution in [0.2, 0.25) is 0 Å². The van der Waals surface area contributed by atoms with Crippen molar-refractivity contribution in [3.8, 4) is 0 Å². The van der Waals surface area contributed by atoms with Crippen molar-refractivity contribution in [1.82, 2.24) is 0 Å². The Kier molecular flexibility index (Phi) is 15.8. The van der Waals surface area contributed by atoms with E-state index >= 15 is 0 Å². The quantitative estimate of drug-likeness (QED) is 0.462. The Morgan fingerprint density at radius 3 is 2.11 bits per heavy atom. The molecule has 0 bridgehead atoms. The lowest BCUT2D eigenvalue weighted by atomic mass is 9.94. The summed E-state index contributed by atoms with van der Waals surface area (Å²) in [4.78, 5) is 0. The molecule has 0 aliphatic heterocycles. The highest BCUT2D eigenvalue weighted by Crippen LogP contribution is 2.18. The molecule has 19 heavy (non-hydrogen) atoms. The van der Waals surface area contributed by atoms with Gasteiger partial charge in [0.25, 0.3) is 0 Å². The van der Waals surface area contributed by atoms with Crippen molar-refractivity contribution in [2.45, 2.75) is 65.2 Å². The molecule has 0 saturated carbocycles. The molecular formula is C16H34O3. The van der Waals surface area contributed by atoms with Gasteiger partial charge in [-0.2, -0.15) is 0 Å². The maximum absolute atomic E-state index is 8.51. The second-order valence-electron chi connectivity index (χ2n) is 5.21. The van der Waals surface area contributed by atoms with Crippen molar-refractivity contribution in [1.29, 1.82) is 0 Å². The first kappa shape index (κ1) is 18.9. The summed E-state index contributed by atoms with van der Waals surface area (Å²) in [6.45, 7) is 7.19. The molecule has 0 amide bonds. The lowest BCUT2D eigenvalue weighted by Crippen LogP contribution is -2.07. The van der Waals surface area contributed by atoms with Gasteiger partial charge in [-0.1, -0.05) is 58.8 Å². The van der Waals surface area contributed by atoms with Crippen LogP contribution in [-0.4, -0.2) is 38.1 Å². The number of hydrogen-bond donors (Lipinski definition) is 1. The van der Waals surface area contributed by atoms with Crippen LogP contribution < -0.4 is 0 Å². The molecule has 0 aliphatic carbocycles. The highest BCUT2D eigenvalue weighted by molar-refractivity contribution is 4.57. The molecule has 0 radical (unpaired) electrons. The van der Waals surface area contributed by atoms with Gasteiger partial charge >= 0.3 is 0 Å². The van der Waals surface area contributed by atoms with Crippen molar-refractivity contribution < 1.29 is 14.6 Å². The zero-order chi connectivity index (χ0) is 14.2. The van der Waals surface area contributed by atoms with Gasteiger partial charge in [0.05, 0.1) is 26.4 Å². The lowest BCUT2D eigenvalue weighted by molar-refractivity contribution is 0.0320. The van der Waals surface area contributed by atoms with Crippen molar-refractivity contribution >= 4 is 0 Å². The predicted octanol–water partition coefficient (Wildman–Crippen LogP) is 3.79. The minimum Gasteiger partial charge on any atom is -0.394 e. The predicted molar refractivity (Wildman–Crippen MR) is 80.5 cm³/mol. The maximum Gasteiger partial charge on any atom is 0.0701 e. The Labute approximate surface area is 119 Å². The number of aliphatic hydroxyl groups is 1. The monoisotopic (exact) mass is 274 g/mol. The van der Waals surface area contributed by atoms with Crippen LogP contribution in [0.1, 0.15) is 65.2 Å². The molecule has 1 N–H and O–H groups in total. The van der Waals surface area contributed by atoms with Crippen molar-refractivity contribution in [2.75, 3.05) is 33.0 Å². The van der Waals surface area contributed by atoms with Crippen LogP contribution in [0.3, 0.4) is 0 Å². The number of hydrogen-bond acceptors (Lipinski definition) is 3. The van der Waals surface area contributed by atoms with Crippen LogP contribution in [-0.2, 0) is 9.47 Å². The Bertz CT molecular complexity index is 162. The molecule has 0 aromatic heterocycles. The molecule has 1 unspecified atom stereocenters. The summed E-state index contributed by atoms with van der Waals surface area (Å²) >= 11 is 0. The van der Waals surface area contributed by atoms with Crippen LogP contribution in [0.5, 0.6) is 0 Å². The van der Waals surface area contributed by atoms with Gasteiger partial charge in [-0.15, -0.1) is 0 Å². The van der Waals surface area contributed by atoms with E-state index in [1.165, 1.54) is 44.9 Å². The molecule has 0 fully saturated rings. The summed E-state index contributed by atoms with van der Waals surface area (Å²) in [5, 5.41) is 8.51. The van der Waals surface area contributed by atoms with Crippen LogP contribution >= 0.6 is 0 Å². The molecule has 1 atom stereocenters. The van der Waals surface area contributed by atoms with E-state index in [0.29, 0.717) is 19.8 Å². The number of rotatable bonds is 15. The topological polar surface area (TPSA) is 38.7 Å². The van der Waals surface area contributed by atoms with Gasteiger partial charge in [0, 0.05) is 6.61 Å². The minimum atomic E-state index is 0.0940. The zero-order valence-electron chi connectivity index (χ0n) is 13.0. The normalized spacial score (nSPS) is 12.8. The van der Waals surface area contributed by atoms with Gasteiger partial charge in [-0.25, -0.2) is 0 Å². The summed E-state index contributed by atoms with van der Waals surface area (Å²) < 4.78 is 10.6. The van der Waals surface area contributed by atoms with Crippen molar-refractivity contribution in [2.24, 2.45) is 5.92 Å². The van der Waals surface area contributed by atoms with Crippen molar-refractivity contribution in [3.63, 3.8) is 0 Å². The SMILES string of the molecule is CCCC(CC)CCCCCCOCCOCCO. The van der Waals surface area contributed by atoms with Gasteiger partial charge in [-0.05, 0) is 12.3 Å². The molecule has 3 heteroatoms. The summed E-state index contributed by atoms with van der Waals surface area (Å²) in [5.74, 6) is 0.949. The van der Waals surface area contributed by atoms with Gasteiger partial charge in [0.2, 0.25) is 0 Å². The van der Waals surface area contributed by atoms with Crippen LogP contribution in [0.15, 0.2) is 0 Å². The average Bonchev–Trinajstić information content (AvgIpc) is 2.43. The third-order valence-electron chi connectivity index (χ3n) is 3.53. The Morgan fingerprint density at radius 1 is 0.789 bits per heavy atom. The van der Waals surface area contributed by atoms with Gasteiger partial charge < -0.3 is 14.6 Å². The largest absolute Gasteiger partial charge is 0.394 e. The molecule has 0 saturated heterocycles. The third-order valence-corrected chi connectivity index (χ3v) is 3.53. The van der Waals surface area contributed by atoms with E-state index in [1.54, 1.807) is 0 Å². The zero-order valence-corrected chi connectivity index (χ0v) is 13.0. The molecule has 0 spiro atoms. The Balaban J connectivity index is 3.09. The molecule has 0 aliphatic rings. The van der Waals surface area contributed by atoms with Gasteiger partial charge in [-0.3, -0.25) is 0 Å². The highest BCUT2D eigenvalue weighted by Gasteiger charge is 2.04. The molecule has 0 rings (SSSR count).